The smallest absolute Gasteiger partial charge is 0.246 e. The van der Waals surface area contributed by atoms with Crippen LogP contribution in [0.1, 0.15) is 17.4 Å². The van der Waals surface area contributed by atoms with Crippen molar-refractivity contribution in [2.24, 2.45) is 0 Å². The summed E-state index contributed by atoms with van der Waals surface area (Å²) in [6.45, 7) is 3.36. The van der Waals surface area contributed by atoms with Gasteiger partial charge in [-0.2, -0.15) is 0 Å². The lowest BCUT2D eigenvalue weighted by atomic mass is 10.2. The molecule has 0 bridgehead atoms. The Kier molecular flexibility index (Phi) is 4.86. The third kappa shape index (κ3) is 4.03. The van der Waals surface area contributed by atoms with Crippen LogP contribution in [0.5, 0.6) is 0 Å². The zero-order valence-electron chi connectivity index (χ0n) is 10.8. The fraction of sp³-hybridized carbons (Fsp3) is 0.200. The van der Waals surface area contributed by atoms with Crippen molar-refractivity contribution in [3.05, 3.63) is 58.6 Å². The van der Waals surface area contributed by atoms with Crippen LogP contribution >= 0.6 is 11.3 Å². The third-order valence-electron chi connectivity index (χ3n) is 2.72. The maximum absolute atomic E-state index is 12.1. The predicted octanol–water partition coefficient (Wildman–Crippen LogP) is 3.21. The molecule has 0 unspecified atom stereocenters. The van der Waals surface area contributed by atoms with E-state index in [0.29, 0.717) is 13.1 Å². The molecule has 0 saturated carbocycles. The van der Waals surface area contributed by atoms with E-state index in [-0.39, 0.29) is 5.91 Å². The Balaban J connectivity index is 1.99. The van der Waals surface area contributed by atoms with Gasteiger partial charge in [-0.1, -0.05) is 12.1 Å². The minimum atomic E-state index is 0.0275. The summed E-state index contributed by atoms with van der Waals surface area (Å²) in [5.41, 5.74) is 0.933. The zero-order chi connectivity index (χ0) is 13.5. The molecule has 2 aromatic heterocycles. The van der Waals surface area contributed by atoms with Crippen molar-refractivity contribution in [1.82, 2.24) is 9.88 Å². The second-order valence-corrected chi connectivity index (χ2v) is 5.08. The quantitative estimate of drug-likeness (QED) is 0.783. The van der Waals surface area contributed by atoms with Crippen LogP contribution in [0, 0.1) is 0 Å². The van der Waals surface area contributed by atoms with Gasteiger partial charge in [0, 0.05) is 29.9 Å². The van der Waals surface area contributed by atoms with Crippen LogP contribution in [0.15, 0.2) is 48.1 Å². The Morgan fingerprint density at radius 1 is 1.42 bits per heavy atom. The van der Waals surface area contributed by atoms with Crippen LogP contribution in [0.4, 0.5) is 0 Å². The van der Waals surface area contributed by atoms with E-state index in [1.165, 1.54) is 4.88 Å². The molecule has 1 amide bonds. The summed E-state index contributed by atoms with van der Waals surface area (Å²) in [4.78, 5) is 19.1. The number of carbonyl (C=O) groups is 1. The van der Waals surface area contributed by atoms with Gasteiger partial charge in [0.15, 0.2) is 0 Å². The van der Waals surface area contributed by atoms with E-state index in [2.05, 4.69) is 4.98 Å². The summed E-state index contributed by atoms with van der Waals surface area (Å²) in [7, 11) is 0. The van der Waals surface area contributed by atoms with Gasteiger partial charge in [0.25, 0.3) is 0 Å². The molecule has 0 aliphatic heterocycles. The van der Waals surface area contributed by atoms with E-state index >= 15 is 0 Å². The van der Waals surface area contributed by atoms with Crippen LogP contribution in [-0.4, -0.2) is 22.3 Å². The van der Waals surface area contributed by atoms with Gasteiger partial charge in [0.2, 0.25) is 5.91 Å². The Morgan fingerprint density at radius 2 is 2.32 bits per heavy atom. The molecule has 2 rings (SSSR count). The van der Waals surface area contributed by atoms with Crippen LogP contribution in [-0.2, 0) is 11.3 Å². The van der Waals surface area contributed by atoms with E-state index in [1.54, 1.807) is 35.9 Å². The number of carbonyl (C=O) groups excluding carboxylic acids is 1. The van der Waals surface area contributed by atoms with Gasteiger partial charge in [-0.25, -0.2) is 0 Å². The maximum Gasteiger partial charge on any atom is 0.246 e. The third-order valence-corrected chi connectivity index (χ3v) is 3.58. The van der Waals surface area contributed by atoms with Gasteiger partial charge >= 0.3 is 0 Å². The molecule has 0 aliphatic carbocycles. The lowest BCUT2D eigenvalue weighted by molar-refractivity contribution is -0.126. The lowest BCUT2D eigenvalue weighted by Crippen LogP contribution is -2.28. The predicted molar refractivity (Wildman–Crippen MR) is 78.7 cm³/mol. The fourth-order valence-corrected chi connectivity index (χ4v) is 2.40. The van der Waals surface area contributed by atoms with Crippen molar-refractivity contribution < 1.29 is 4.79 Å². The van der Waals surface area contributed by atoms with Crippen molar-refractivity contribution in [3.8, 4) is 0 Å². The zero-order valence-corrected chi connectivity index (χ0v) is 11.6. The maximum atomic E-state index is 12.1. The van der Waals surface area contributed by atoms with Crippen molar-refractivity contribution >= 4 is 23.3 Å². The summed E-state index contributed by atoms with van der Waals surface area (Å²) in [5, 5.41) is 2.03. The molecule has 0 aromatic carbocycles. The fourth-order valence-electron chi connectivity index (χ4n) is 1.68. The van der Waals surface area contributed by atoms with Crippen molar-refractivity contribution in [2.75, 3.05) is 6.54 Å². The summed E-state index contributed by atoms with van der Waals surface area (Å²) in [6, 6.07) is 7.83. The average Bonchev–Trinajstić information content (AvgIpc) is 2.96. The van der Waals surface area contributed by atoms with Gasteiger partial charge < -0.3 is 4.90 Å². The number of hydrogen-bond acceptors (Lipinski definition) is 3. The average molecular weight is 272 g/mol. The van der Waals surface area contributed by atoms with Gasteiger partial charge in [0.1, 0.15) is 0 Å². The van der Waals surface area contributed by atoms with Crippen LogP contribution in [0.3, 0.4) is 0 Å². The molecular formula is C15H16N2OS. The Morgan fingerprint density at radius 3 is 2.95 bits per heavy atom. The second kappa shape index (κ2) is 6.85. The van der Waals surface area contributed by atoms with Crippen LogP contribution < -0.4 is 0 Å². The van der Waals surface area contributed by atoms with Crippen molar-refractivity contribution in [3.63, 3.8) is 0 Å². The highest BCUT2D eigenvalue weighted by Crippen LogP contribution is 2.12. The standard InChI is InChI=1S/C15H16N2OS/c1-2-17(12-14-6-4-10-19-14)15(18)8-7-13-5-3-9-16-11-13/h3-11H,2,12H2,1H3/b8-7+. The lowest BCUT2D eigenvalue weighted by Gasteiger charge is -2.18. The molecule has 0 radical (unpaired) electrons. The molecule has 0 N–H and O–H groups in total. The Bertz CT molecular complexity index is 535. The van der Waals surface area contributed by atoms with Gasteiger partial charge in [-0.15, -0.1) is 11.3 Å². The molecule has 0 atom stereocenters. The molecule has 98 valence electrons. The van der Waals surface area contributed by atoms with Gasteiger partial charge in [0.05, 0.1) is 6.54 Å². The van der Waals surface area contributed by atoms with Crippen molar-refractivity contribution in [2.45, 2.75) is 13.5 Å². The number of aromatic nitrogens is 1. The SMILES string of the molecule is CCN(Cc1cccs1)C(=O)/C=C/c1cccnc1. The molecule has 0 aliphatic rings. The molecule has 19 heavy (non-hydrogen) atoms. The summed E-state index contributed by atoms with van der Waals surface area (Å²) in [5.74, 6) is 0.0275. The number of pyridine rings is 1. The van der Waals surface area contributed by atoms with Crippen LogP contribution in [0.25, 0.3) is 6.08 Å². The Labute approximate surface area is 117 Å². The topological polar surface area (TPSA) is 33.2 Å². The number of rotatable bonds is 5. The van der Waals surface area contributed by atoms with E-state index in [0.717, 1.165) is 5.56 Å². The molecule has 4 heteroatoms. The monoisotopic (exact) mass is 272 g/mol. The van der Waals surface area contributed by atoms with E-state index in [9.17, 15) is 4.79 Å². The molecule has 2 heterocycles. The van der Waals surface area contributed by atoms with E-state index < -0.39 is 0 Å². The minimum absolute atomic E-state index is 0.0275. The first-order valence-electron chi connectivity index (χ1n) is 6.19. The summed E-state index contributed by atoms with van der Waals surface area (Å²) >= 11 is 1.67. The molecule has 0 saturated heterocycles. The first-order valence-corrected chi connectivity index (χ1v) is 7.07. The minimum Gasteiger partial charge on any atom is -0.334 e. The molecule has 3 nitrogen and oxygen atoms in total. The highest BCUT2D eigenvalue weighted by Gasteiger charge is 2.09. The molecular weight excluding hydrogens is 256 g/mol. The highest BCUT2D eigenvalue weighted by atomic mass is 32.1. The largest absolute Gasteiger partial charge is 0.334 e. The first-order chi connectivity index (χ1) is 9.29. The van der Waals surface area contributed by atoms with Crippen molar-refractivity contribution in [1.29, 1.82) is 0 Å². The molecule has 0 fully saturated rings. The first kappa shape index (κ1) is 13.5. The number of hydrogen-bond donors (Lipinski definition) is 0. The molecule has 2 aromatic rings. The number of thiophene rings is 1. The van der Waals surface area contributed by atoms with E-state index in [1.807, 2.05) is 41.5 Å². The van der Waals surface area contributed by atoms with Gasteiger partial charge in [-0.3, -0.25) is 9.78 Å². The normalized spacial score (nSPS) is 10.8. The van der Waals surface area contributed by atoms with Crippen LogP contribution in [0.2, 0.25) is 0 Å². The highest BCUT2D eigenvalue weighted by molar-refractivity contribution is 7.09. The number of nitrogens with zero attached hydrogens (tertiary/aromatic N) is 2. The second-order valence-electron chi connectivity index (χ2n) is 4.05. The summed E-state index contributed by atoms with van der Waals surface area (Å²) in [6.07, 6.45) is 6.86. The van der Waals surface area contributed by atoms with Gasteiger partial charge in [-0.05, 0) is 36.1 Å². The summed E-state index contributed by atoms with van der Waals surface area (Å²) < 4.78 is 0. The molecule has 0 spiro atoms. The van der Waals surface area contributed by atoms with E-state index in [4.69, 9.17) is 0 Å². The number of amides is 1. The number of likely N-dealkylation sites (N-methyl/N-ethyl adjacent to an activating group) is 1. The Hall–Kier alpha value is -1.94.